The number of carboxylic acids is 1. The zero-order chi connectivity index (χ0) is 14.5. The largest absolute Gasteiger partial charge is 0.478 e. The van der Waals surface area contributed by atoms with Crippen molar-refractivity contribution in [3.63, 3.8) is 0 Å². The number of carboxylic acid groups (broad SMARTS) is 1. The normalized spacial score (nSPS) is 17.3. The monoisotopic (exact) mass is 297 g/mol. The second-order valence-corrected chi connectivity index (χ2v) is 5.45. The van der Waals surface area contributed by atoms with Crippen molar-refractivity contribution in [1.29, 1.82) is 0 Å². The predicted octanol–water partition coefficient (Wildman–Crippen LogP) is 3.04. The third-order valence-corrected chi connectivity index (χ3v) is 3.98. The lowest BCUT2D eigenvalue weighted by Crippen LogP contribution is -2.36. The van der Waals surface area contributed by atoms with Crippen molar-refractivity contribution in [2.24, 2.45) is 0 Å². The number of piperidine rings is 1. The molecule has 5 heteroatoms. The van der Waals surface area contributed by atoms with Crippen LogP contribution < -0.4 is 0 Å². The van der Waals surface area contributed by atoms with E-state index in [0.29, 0.717) is 11.1 Å². The van der Waals surface area contributed by atoms with Crippen molar-refractivity contribution in [1.82, 2.24) is 4.90 Å². The second kappa shape index (κ2) is 7.07. The van der Waals surface area contributed by atoms with E-state index in [2.05, 4.69) is 4.90 Å². The molecule has 0 aliphatic carbocycles. The molecule has 0 bridgehead atoms. The number of nitrogens with zero attached hydrogens (tertiary/aromatic N) is 1. The van der Waals surface area contributed by atoms with Gasteiger partial charge in [0.15, 0.2) is 0 Å². The van der Waals surface area contributed by atoms with Crippen LogP contribution in [0.3, 0.4) is 0 Å². The van der Waals surface area contributed by atoms with E-state index in [1.807, 2.05) is 6.92 Å². The first-order chi connectivity index (χ1) is 9.60. The highest BCUT2D eigenvalue weighted by molar-refractivity contribution is 6.31. The molecular formula is C15H20ClNO3. The molecule has 4 nitrogen and oxygen atoms in total. The molecule has 0 aromatic heterocycles. The Balaban J connectivity index is 1.93. The first kappa shape index (κ1) is 15.3. The smallest absolute Gasteiger partial charge is 0.335 e. The fraction of sp³-hybridized carbons (Fsp3) is 0.533. The Labute approximate surface area is 124 Å². The van der Waals surface area contributed by atoms with E-state index in [9.17, 15) is 4.79 Å². The third kappa shape index (κ3) is 3.95. The summed E-state index contributed by atoms with van der Waals surface area (Å²) in [6.07, 6.45) is 2.46. The van der Waals surface area contributed by atoms with Crippen molar-refractivity contribution < 1.29 is 14.6 Å². The first-order valence-corrected chi connectivity index (χ1v) is 7.33. The molecule has 1 aliphatic heterocycles. The summed E-state index contributed by atoms with van der Waals surface area (Å²) in [5.41, 5.74) is 1.21. The standard InChI is InChI=1S/C15H20ClNO3/c1-2-20-13-5-7-17(8-6-13)10-12-4-3-11(15(18)19)9-14(12)16/h3-4,9,13H,2,5-8,10H2,1H3,(H,18,19). The minimum atomic E-state index is -0.948. The summed E-state index contributed by atoms with van der Waals surface area (Å²) < 4.78 is 5.63. The maximum absolute atomic E-state index is 10.9. The highest BCUT2D eigenvalue weighted by atomic mass is 35.5. The van der Waals surface area contributed by atoms with Gasteiger partial charge >= 0.3 is 5.97 Å². The molecule has 110 valence electrons. The molecular weight excluding hydrogens is 278 g/mol. The van der Waals surface area contributed by atoms with Crippen molar-refractivity contribution >= 4 is 17.6 Å². The number of halogens is 1. The maximum atomic E-state index is 10.9. The fourth-order valence-corrected chi connectivity index (χ4v) is 2.76. The number of rotatable bonds is 5. The number of benzene rings is 1. The van der Waals surface area contributed by atoms with Gasteiger partial charge in [-0.25, -0.2) is 4.79 Å². The number of hydrogen-bond acceptors (Lipinski definition) is 3. The van der Waals surface area contributed by atoms with Gasteiger partial charge in [0, 0.05) is 31.3 Å². The molecule has 1 heterocycles. The number of carbonyl (C=O) groups is 1. The van der Waals surface area contributed by atoms with E-state index in [-0.39, 0.29) is 5.56 Å². The summed E-state index contributed by atoms with van der Waals surface area (Å²) >= 11 is 6.16. The van der Waals surface area contributed by atoms with E-state index in [1.165, 1.54) is 6.07 Å². The molecule has 1 aliphatic rings. The highest BCUT2D eigenvalue weighted by Crippen LogP contribution is 2.22. The topological polar surface area (TPSA) is 49.8 Å². The van der Waals surface area contributed by atoms with Crippen LogP contribution in [0.1, 0.15) is 35.7 Å². The summed E-state index contributed by atoms with van der Waals surface area (Å²) in [7, 11) is 0. The Kier molecular flexibility index (Phi) is 5.40. The van der Waals surface area contributed by atoms with Crippen LogP contribution in [0.4, 0.5) is 0 Å². The third-order valence-electron chi connectivity index (χ3n) is 3.63. The second-order valence-electron chi connectivity index (χ2n) is 5.04. The first-order valence-electron chi connectivity index (χ1n) is 6.95. The molecule has 1 saturated heterocycles. The molecule has 20 heavy (non-hydrogen) atoms. The molecule has 1 aromatic carbocycles. The van der Waals surface area contributed by atoms with Gasteiger partial charge in [-0.15, -0.1) is 0 Å². The molecule has 0 amide bonds. The molecule has 1 fully saturated rings. The Morgan fingerprint density at radius 2 is 2.15 bits per heavy atom. The van der Waals surface area contributed by atoms with Gasteiger partial charge in [0.2, 0.25) is 0 Å². The van der Waals surface area contributed by atoms with Gasteiger partial charge in [-0.1, -0.05) is 17.7 Å². The lowest BCUT2D eigenvalue weighted by atomic mass is 10.1. The molecule has 0 saturated carbocycles. The number of ether oxygens (including phenoxy) is 1. The molecule has 1 N–H and O–H groups in total. The molecule has 1 aromatic rings. The van der Waals surface area contributed by atoms with Gasteiger partial charge in [0.05, 0.1) is 11.7 Å². The van der Waals surface area contributed by atoms with Crippen LogP contribution in [0.5, 0.6) is 0 Å². The van der Waals surface area contributed by atoms with Crippen LogP contribution in [0.15, 0.2) is 18.2 Å². The predicted molar refractivity (Wildman–Crippen MR) is 78.3 cm³/mol. The number of likely N-dealkylation sites (tertiary alicyclic amines) is 1. The van der Waals surface area contributed by atoms with Crippen LogP contribution in [-0.2, 0) is 11.3 Å². The Hall–Kier alpha value is -1.10. The highest BCUT2D eigenvalue weighted by Gasteiger charge is 2.20. The van der Waals surface area contributed by atoms with Crippen molar-refractivity contribution in [2.45, 2.75) is 32.4 Å². The summed E-state index contributed by atoms with van der Waals surface area (Å²) in [5.74, 6) is -0.948. The van der Waals surface area contributed by atoms with E-state index in [1.54, 1.807) is 12.1 Å². The fourth-order valence-electron chi connectivity index (χ4n) is 2.52. The summed E-state index contributed by atoms with van der Waals surface area (Å²) in [4.78, 5) is 13.2. The minimum absolute atomic E-state index is 0.230. The summed E-state index contributed by atoms with van der Waals surface area (Å²) in [5, 5.41) is 9.44. The van der Waals surface area contributed by atoms with Crippen LogP contribution in [0.2, 0.25) is 5.02 Å². The Morgan fingerprint density at radius 1 is 1.45 bits per heavy atom. The van der Waals surface area contributed by atoms with Gasteiger partial charge < -0.3 is 9.84 Å². The SMILES string of the molecule is CCOC1CCN(Cc2ccc(C(=O)O)cc2Cl)CC1. The molecule has 0 radical (unpaired) electrons. The van der Waals surface area contributed by atoms with Crippen LogP contribution in [-0.4, -0.2) is 41.8 Å². The van der Waals surface area contributed by atoms with Crippen LogP contribution in [0, 0.1) is 0 Å². The zero-order valence-corrected chi connectivity index (χ0v) is 12.4. The molecule has 0 spiro atoms. The minimum Gasteiger partial charge on any atom is -0.478 e. The number of hydrogen-bond donors (Lipinski definition) is 1. The van der Waals surface area contributed by atoms with E-state index < -0.39 is 5.97 Å². The Morgan fingerprint density at radius 3 is 2.70 bits per heavy atom. The van der Waals surface area contributed by atoms with Gasteiger partial charge in [0.25, 0.3) is 0 Å². The van der Waals surface area contributed by atoms with E-state index >= 15 is 0 Å². The average molecular weight is 298 g/mol. The molecule has 0 atom stereocenters. The summed E-state index contributed by atoms with van der Waals surface area (Å²) in [6.45, 7) is 5.53. The Bertz CT molecular complexity index is 470. The zero-order valence-electron chi connectivity index (χ0n) is 11.6. The lowest BCUT2D eigenvalue weighted by Gasteiger charge is -2.31. The number of aromatic carboxylic acids is 1. The van der Waals surface area contributed by atoms with Gasteiger partial charge in [-0.3, -0.25) is 4.90 Å². The van der Waals surface area contributed by atoms with Gasteiger partial charge in [-0.2, -0.15) is 0 Å². The summed E-state index contributed by atoms with van der Waals surface area (Å²) in [6, 6.07) is 4.93. The quantitative estimate of drug-likeness (QED) is 0.907. The average Bonchev–Trinajstić information content (AvgIpc) is 2.43. The van der Waals surface area contributed by atoms with E-state index in [4.69, 9.17) is 21.4 Å². The van der Waals surface area contributed by atoms with E-state index in [0.717, 1.165) is 44.6 Å². The van der Waals surface area contributed by atoms with Crippen LogP contribution in [0.25, 0.3) is 0 Å². The maximum Gasteiger partial charge on any atom is 0.335 e. The van der Waals surface area contributed by atoms with Crippen molar-refractivity contribution in [3.8, 4) is 0 Å². The lowest BCUT2D eigenvalue weighted by molar-refractivity contribution is 0.0125. The van der Waals surface area contributed by atoms with Gasteiger partial charge in [-0.05, 0) is 37.5 Å². The van der Waals surface area contributed by atoms with Gasteiger partial charge in [0.1, 0.15) is 0 Å². The van der Waals surface area contributed by atoms with Crippen molar-refractivity contribution in [2.75, 3.05) is 19.7 Å². The van der Waals surface area contributed by atoms with Crippen molar-refractivity contribution in [3.05, 3.63) is 34.3 Å². The van der Waals surface area contributed by atoms with Crippen LogP contribution >= 0.6 is 11.6 Å². The molecule has 0 unspecified atom stereocenters. The molecule has 2 rings (SSSR count).